The molecule has 0 aliphatic heterocycles. The normalized spacial score (nSPS) is 12.1. The van der Waals surface area contributed by atoms with Gasteiger partial charge in [-0.1, -0.05) is 20.8 Å². The average Bonchev–Trinajstić information content (AvgIpc) is 2.70. The van der Waals surface area contributed by atoms with E-state index in [2.05, 4.69) is 36.9 Å². The van der Waals surface area contributed by atoms with Crippen LogP contribution in [-0.2, 0) is 12.5 Å². The Morgan fingerprint density at radius 3 is 2.44 bits per heavy atom. The molecule has 0 spiro atoms. The molecule has 0 atom stereocenters. The fourth-order valence-corrected chi connectivity index (χ4v) is 1.55. The van der Waals surface area contributed by atoms with Gasteiger partial charge in [-0.05, 0) is 6.07 Å². The molecule has 0 aliphatic carbocycles. The van der Waals surface area contributed by atoms with Crippen molar-refractivity contribution in [2.75, 3.05) is 0 Å². The minimum Gasteiger partial charge on any atom is -0.449 e. The highest BCUT2D eigenvalue weighted by molar-refractivity contribution is 5.54. The Balaban J connectivity index is 2.47. The van der Waals surface area contributed by atoms with Crippen LogP contribution in [0.2, 0.25) is 0 Å². The molecule has 0 aliphatic rings. The first-order chi connectivity index (χ1) is 7.38. The highest BCUT2D eigenvalue weighted by Gasteiger charge is 2.20. The molecule has 4 heteroatoms. The predicted molar refractivity (Wildman–Crippen MR) is 62.1 cm³/mol. The second kappa shape index (κ2) is 3.47. The summed E-state index contributed by atoms with van der Waals surface area (Å²) < 4.78 is 7.06. The van der Waals surface area contributed by atoms with Crippen molar-refractivity contribution < 1.29 is 4.42 Å². The summed E-state index contributed by atoms with van der Waals surface area (Å²) in [6.45, 7) is 8.28. The summed E-state index contributed by atoms with van der Waals surface area (Å²) in [6.07, 6.45) is 1.67. The maximum atomic E-state index is 5.22. The maximum Gasteiger partial charge on any atom is 0.191 e. The van der Waals surface area contributed by atoms with Crippen LogP contribution in [-0.4, -0.2) is 14.8 Å². The highest BCUT2D eigenvalue weighted by Crippen LogP contribution is 2.26. The number of hydrogen-bond acceptors (Lipinski definition) is 3. The standard InChI is InChI=1S/C12H17N3O/c1-8-13-9(7-16-8)10-6-11(12(2,3)4)14-15(10)5/h6-7H,1-5H3. The third-order valence-electron chi connectivity index (χ3n) is 2.53. The zero-order valence-electron chi connectivity index (χ0n) is 10.4. The van der Waals surface area contributed by atoms with Gasteiger partial charge >= 0.3 is 0 Å². The average molecular weight is 219 g/mol. The summed E-state index contributed by atoms with van der Waals surface area (Å²) in [6, 6.07) is 2.07. The largest absolute Gasteiger partial charge is 0.449 e. The molecule has 4 nitrogen and oxygen atoms in total. The molecule has 0 unspecified atom stereocenters. The molecule has 2 aromatic heterocycles. The summed E-state index contributed by atoms with van der Waals surface area (Å²) in [4.78, 5) is 4.31. The zero-order chi connectivity index (χ0) is 11.9. The minimum atomic E-state index is 0.0504. The molecule has 0 fully saturated rings. The lowest BCUT2D eigenvalue weighted by atomic mass is 9.92. The minimum absolute atomic E-state index is 0.0504. The number of rotatable bonds is 1. The SMILES string of the molecule is Cc1nc(-c2cc(C(C)(C)C)nn2C)co1. The fourth-order valence-electron chi connectivity index (χ4n) is 1.55. The summed E-state index contributed by atoms with van der Waals surface area (Å²) in [5.41, 5.74) is 2.94. The van der Waals surface area contributed by atoms with Gasteiger partial charge in [0.15, 0.2) is 5.89 Å². The van der Waals surface area contributed by atoms with E-state index in [4.69, 9.17) is 4.42 Å². The molecule has 0 radical (unpaired) electrons. The molecule has 0 saturated carbocycles. The van der Waals surface area contributed by atoms with Crippen molar-refractivity contribution in [1.82, 2.24) is 14.8 Å². The maximum absolute atomic E-state index is 5.22. The van der Waals surface area contributed by atoms with Crippen molar-refractivity contribution in [3.8, 4) is 11.4 Å². The number of aryl methyl sites for hydroxylation is 2. The number of oxazole rings is 1. The topological polar surface area (TPSA) is 43.9 Å². The Hall–Kier alpha value is -1.58. The van der Waals surface area contributed by atoms with Crippen molar-refractivity contribution in [3.63, 3.8) is 0 Å². The second-order valence-corrected chi connectivity index (χ2v) is 5.04. The van der Waals surface area contributed by atoms with Gasteiger partial charge in [-0.15, -0.1) is 0 Å². The van der Waals surface area contributed by atoms with Gasteiger partial charge in [0.25, 0.3) is 0 Å². The molecule has 16 heavy (non-hydrogen) atoms. The van der Waals surface area contributed by atoms with Crippen LogP contribution in [0.25, 0.3) is 11.4 Å². The lowest BCUT2D eigenvalue weighted by Gasteiger charge is -2.13. The van der Waals surface area contributed by atoms with Crippen molar-refractivity contribution in [2.45, 2.75) is 33.1 Å². The zero-order valence-corrected chi connectivity index (χ0v) is 10.4. The molecular formula is C12H17N3O. The molecule has 0 N–H and O–H groups in total. The third-order valence-corrected chi connectivity index (χ3v) is 2.53. The van der Waals surface area contributed by atoms with Gasteiger partial charge in [0, 0.05) is 19.4 Å². The van der Waals surface area contributed by atoms with E-state index in [1.54, 1.807) is 6.26 Å². The van der Waals surface area contributed by atoms with E-state index in [9.17, 15) is 0 Å². The first-order valence-corrected chi connectivity index (χ1v) is 5.35. The van der Waals surface area contributed by atoms with E-state index in [-0.39, 0.29) is 5.41 Å². The molecule has 2 heterocycles. The van der Waals surface area contributed by atoms with Gasteiger partial charge in [-0.25, -0.2) is 4.98 Å². The molecule has 2 aromatic rings. The lowest BCUT2D eigenvalue weighted by Crippen LogP contribution is -2.12. The van der Waals surface area contributed by atoms with Gasteiger partial charge in [0.1, 0.15) is 12.0 Å². The van der Waals surface area contributed by atoms with Crippen LogP contribution in [0.15, 0.2) is 16.7 Å². The first kappa shape index (κ1) is 10.9. The number of nitrogens with zero attached hydrogens (tertiary/aromatic N) is 3. The van der Waals surface area contributed by atoms with E-state index in [0.29, 0.717) is 5.89 Å². The Morgan fingerprint density at radius 2 is 2.00 bits per heavy atom. The van der Waals surface area contributed by atoms with Crippen LogP contribution in [0, 0.1) is 6.92 Å². The summed E-state index contributed by atoms with van der Waals surface area (Å²) in [7, 11) is 1.93. The van der Waals surface area contributed by atoms with Crippen molar-refractivity contribution >= 4 is 0 Å². The van der Waals surface area contributed by atoms with Gasteiger partial charge < -0.3 is 4.42 Å². The van der Waals surface area contributed by atoms with E-state index < -0.39 is 0 Å². The van der Waals surface area contributed by atoms with Crippen molar-refractivity contribution in [3.05, 3.63) is 23.9 Å². The van der Waals surface area contributed by atoms with E-state index >= 15 is 0 Å². The Labute approximate surface area is 95.3 Å². The Bertz CT molecular complexity index is 503. The molecular weight excluding hydrogens is 202 g/mol. The summed E-state index contributed by atoms with van der Waals surface area (Å²) in [5.74, 6) is 0.675. The van der Waals surface area contributed by atoms with Crippen molar-refractivity contribution in [1.29, 1.82) is 0 Å². The molecule has 0 bridgehead atoms. The summed E-state index contributed by atoms with van der Waals surface area (Å²) in [5, 5.41) is 4.50. The number of hydrogen-bond donors (Lipinski definition) is 0. The highest BCUT2D eigenvalue weighted by atomic mass is 16.3. The van der Waals surface area contributed by atoms with Gasteiger partial charge in [0.2, 0.25) is 0 Å². The summed E-state index contributed by atoms with van der Waals surface area (Å²) >= 11 is 0. The monoisotopic (exact) mass is 219 g/mol. The van der Waals surface area contributed by atoms with Crippen LogP contribution in [0.1, 0.15) is 32.4 Å². The van der Waals surface area contributed by atoms with Gasteiger partial charge in [-0.3, -0.25) is 4.68 Å². The molecule has 0 amide bonds. The second-order valence-electron chi connectivity index (χ2n) is 5.04. The van der Waals surface area contributed by atoms with Crippen LogP contribution >= 0.6 is 0 Å². The molecule has 2 rings (SSSR count). The molecule has 86 valence electrons. The fraction of sp³-hybridized carbons (Fsp3) is 0.500. The lowest BCUT2D eigenvalue weighted by molar-refractivity contribution is 0.521. The van der Waals surface area contributed by atoms with E-state index in [0.717, 1.165) is 17.1 Å². The number of aromatic nitrogens is 3. The van der Waals surface area contributed by atoms with Gasteiger partial charge in [-0.2, -0.15) is 5.10 Å². The van der Waals surface area contributed by atoms with Crippen LogP contribution in [0.4, 0.5) is 0 Å². The van der Waals surface area contributed by atoms with E-state index in [1.165, 1.54) is 0 Å². The van der Waals surface area contributed by atoms with Gasteiger partial charge in [0.05, 0.1) is 11.4 Å². The van der Waals surface area contributed by atoms with E-state index in [1.807, 2.05) is 18.7 Å². The van der Waals surface area contributed by atoms with Crippen LogP contribution < -0.4 is 0 Å². The van der Waals surface area contributed by atoms with Crippen LogP contribution in [0.3, 0.4) is 0 Å². The third kappa shape index (κ3) is 1.87. The quantitative estimate of drug-likeness (QED) is 0.740. The first-order valence-electron chi connectivity index (χ1n) is 5.35. The Kier molecular flexibility index (Phi) is 2.37. The Morgan fingerprint density at radius 1 is 1.31 bits per heavy atom. The smallest absolute Gasteiger partial charge is 0.191 e. The van der Waals surface area contributed by atoms with Crippen molar-refractivity contribution in [2.24, 2.45) is 7.05 Å². The van der Waals surface area contributed by atoms with Crippen LogP contribution in [0.5, 0.6) is 0 Å². The predicted octanol–water partition coefficient (Wildman–Crippen LogP) is 2.68. The molecule has 0 saturated heterocycles. The molecule has 0 aromatic carbocycles.